The third kappa shape index (κ3) is 1.68. The Morgan fingerprint density at radius 2 is 2.11 bits per heavy atom. The van der Waals surface area contributed by atoms with Gasteiger partial charge in [0.05, 0.1) is 11.0 Å². The first kappa shape index (κ1) is 11.0. The summed E-state index contributed by atoms with van der Waals surface area (Å²) in [7, 11) is 0. The molecule has 0 bridgehead atoms. The molecule has 18 heavy (non-hydrogen) atoms. The molecule has 2 aliphatic rings. The Hall–Kier alpha value is -2.15. The van der Waals surface area contributed by atoms with Crippen molar-refractivity contribution in [3.8, 4) is 0 Å². The number of thiocarbonyl (C=S) groups is 1. The highest BCUT2D eigenvalue weighted by Crippen LogP contribution is 2.11. The minimum absolute atomic E-state index is 0.256. The Morgan fingerprint density at radius 1 is 1.28 bits per heavy atom. The van der Waals surface area contributed by atoms with Crippen molar-refractivity contribution in [2.75, 3.05) is 11.4 Å². The summed E-state index contributed by atoms with van der Waals surface area (Å²) in [6.45, 7) is 0.337. The third-order valence-electron chi connectivity index (χ3n) is 2.76. The van der Waals surface area contributed by atoms with E-state index in [0.29, 0.717) is 22.9 Å². The van der Waals surface area contributed by atoms with Crippen molar-refractivity contribution in [1.29, 1.82) is 0 Å². The van der Waals surface area contributed by atoms with E-state index in [-0.39, 0.29) is 17.4 Å². The van der Waals surface area contributed by atoms with Crippen LogP contribution in [0.25, 0.3) is 0 Å². The molecule has 7 heteroatoms. The average molecular weight is 260 g/mol. The van der Waals surface area contributed by atoms with Gasteiger partial charge in [-0.1, -0.05) is 6.07 Å². The van der Waals surface area contributed by atoms with Crippen molar-refractivity contribution in [3.05, 3.63) is 28.9 Å². The molecule has 1 aromatic rings. The maximum absolute atomic E-state index is 11.8. The lowest BCUT2D eigenvalue weighted by Crippen LogP contribution is -2.51. The first-order valence-electron chi connectivity index (χ1n) is 5.37. The van der Waals surface area contributed by atoms with Gasteiger partial charge in [0.2, 0.25) is 11.0 Å². The predicted molar refractivity (Wildman–Crippen MR) is 66.9 cm³/mol. The summed E-state index contributed by atoms with van der Waals surface area (Å²) in [5, 5.41) is 3.77. The summed E-state index contributed by atoms with van der Waals surface area (Å²) in [5.41, 5.74) is 0.626. The topological polar surface area (TPSA) is 74.1 Å². The van der Waals surface area contributed by atoms with Gasteiger partial charge in [-0.25, -0.2) is 14.8 Å². The fourth-order valence-electron chi connectivity index (χ4n) is 1.96. The van der Waals surface area contributed by atoms with E-state index in [2.05, 4.69) is 15.3 Å². The maximum atomic E-state index is 11.8. The number of fused-ring (bicyclic) bond motifs is 1. The van der Waals surface area contributed by atoms with Gasteiger partial charge in [-0.05, 0) is 24.4 Å². The van der Waals surface area contributed by atoms with E-state index in [1.54, 1.807) is 18.2 Å². The number of hydrogen-bond acceptors (Lipinski definition) is 3. The molecule has 1 N–H and O–H groups in total. The van der Waals surface area contributed by atoms with Crippen LogP contribution < -0.4 is 20.9 Å². The van der Waals surface area contributed by atoms with E-state index in [1.165, 1.54) is 4.90 Å². The Balaban J connectivity index is 2.11. The van der Waals surface area contributed by atoms with Gasteiger partial charge in [0.25, 0.3) is 0 Å². The van der Waals surface area contributed by atoms with E-state index >= 15 is 0 Å². The van der Waals surface area contributed by atoms with E-state index in [0.717, 1.165) is 0 Å². The van der Waals surface area contributed by atoms with Crippen LogP contribution in [0.5, 0.6) is 0 Å². The molecule has 0 unspecified atom stereocenters. The lowest BCUT2D eigenvalue weighted by atomic mass is 10.2. The third-order valence-corrected chi connectivity index (χ3v) is 2.94. The molecule has 0 aliphatic carbocycles. The number of rotatable bonds is 1. The molecule has 0 radical (unpaired) electrons. The van der Waals surface area contributed by atoms with Gasteiger partial charge < -0.3 is 0 Å². The molecule has 1 saturated heterocycles. The summed E-state index contributed by atoms with van der Waals surface area (Å²) in [6.07, 6.45) is 0.275. The second-order valence-electron chi connectivity index (χ2n) is 3.91. The number of para-hydroxylation sites is 1. The number of anilines is 1. The Morgan fingerprint density at radius 3 is 2.89 bits per heavy atom. The molecule has 0 atom stereocenters. The normalized spacial score (nSPS) is 18.0. The van der Waals surface area contributed by atoms with Crippen molar-refractivity contribution in [2.24, 2.45) is 9.98 Å². The minimum atomic E-state index is -0.437. The molecular formula is C11H8N4O2S. The van der Waals surface area contributed by atoms with Crippen LogP contribution in [0.3, 0.4) is 0 Å². The molecule has 0 aromatic heterocycles. The van der Waals surface area contributed by atoms with Crippen LogP contribution in [0, 0.1) is 0 Å². The summed E-state index contributed by atoms with van der Waals surface area (Å²) in [6, 6.07) is 4.90. The van der Waals surface area contributed by atoms with E-state index in [4.69, 9.17) is 12.2 Å². The molecule has 0 spiro atoms. The molecule has 1 fully saturated rings. The number of urea groups is 1. The lowest BCUT2D eigenvalue weighted by molar-refractivity contribution is -0.120. The summed E-state index contributed by atoms with van der Waals surface area (Å²) in [4.78, 5) is 32.6. The van der Waals surface area contributed by atoms with Crippen LogP contribution >= 0.6 is 12.2 Å². The van der Waals surface area contributed by atoms with Crippen LogP contribution in [0.15, 0.2) is 28.2 Å². The Bertz CT molecular complexity index is 697. The standard InChI is InChI=1S/C11H8N4O2S/c16-8-4-5-15(11(17)13-8)7-3-1-2-6-9(7)14-10(18)12-6/h1-3H,4-5H2,(H,13,16,17). The van der Waals surface area contributed by atoms with Crippen molar-refractivity contribution >= 4 is 35.0 Å². The first-order valence-corrected chi connectivity index (χ1v) is 5.78. The van der Waals surface area contributed by atoms with Crippen LogP contribution in [-0.4, -0.2) is 23.6 Å². The molecule has 3 rings (SSSR count). The number of nitrogens with one attached hydrogen (secondary N) is 1. The molecule has 1 aromatic carbocycles. The zero-order valence-electron chi connectivity index (χ0n) is 9.21. The zero-order valence-corrected chi connectivity index (χ0v) is 10.0. The molecular weight excluding hydrogens is 252 g/mol. The number of hydrogen-bond donors (Lipinski definition) is 1. The summed E-state index contributed by atoms with van der Waals surface area (Å²) in [5.74, 6) is -0.263. The number of nitrogens with zero attached hydrogens (tertiary/aromatic N) is 3. The summed E-state index contributed by atoms with van der Waals surface area (Å²) < 4.78 is 0. The van der Waals surface area contributed by atoms with Gasteiger partial charge in [0.1, 0.15) is 5.36 Å². The lowest BCUT2D eigenvalue weighted by Gasteiger charge is -2.26. The fourth-order valence-corrected chi connectivity index (χ4v) is 2.15. The maximum Gasteiger partial charge on any atom is 0.328 e. The number of carbonyl (C=O) groups excluding carboxylic acids is 2. The quantitative estimate of drug-likeness (QED) is 0.703. The van der Waals surface area contributed by atoms with E-state index < -0.39 is 6.03 Å². The SMILES string of the molecule is O=C1CCN(c2cccc3c2=NC(=S)N=3)C(=O)N1. The van der Waals surface area contributed by atoms with Crippen LogP contribution in [0.2, 0.25) is 0 Å². The van der Waals surface area contributed by atoms with E-state index in [1.807, 2.05) is 0 Å². The van der Waals surface area contributed by atoms with Gasteiger partial charge in [0, 0.05) is 13.0 Å². The second kappa shape index (κ2) is 3.95. The van der Waals surface area contributed by atoms with Crippen LogP contribution in [-0.2, 0) is 4.79 Å². The largest absolute Gasteiger partial charge is 0.328 e. The van der Waals surface area contributed by atoms with Crippen LogP contribution in [0.4, 0.5) is 10.5 Å². The molecule has 90 valence electrons. The molecule has 6 nitrogen and oxygen atoms in total. The second-order valence-corrected chi connectivity index (χ2v) is 4.27. The van der Waals surface area contributed by atoms with Crippen molar-refractivity contribution in [3.63, 3.8) is 0 Å². The first-order chi connectivity index (χ1) is 8.65. The summed E-state index contributed by atoms with van der Waals surface area (Å²) >= 11 is 4.93. The van der Waals surface area contributed by atoms with Gasteiger partial charge in [-0.2, -0.15) is 0 Å². The Labute approximate surface area is 107 Å². The molecule has 3 amide bonds. The minimum Gasteiger partial charge on any atom is -0.291 e. The van der Waals surface area contributed by atoms with Gasteiger partial charge in [-0.3, -0.25) is 15.0 Å². The smallest absolute Gasteiger partial charge is 0.291 e. The van der Waals surface area contributed by atoms with Gasteiger partial charge >= 0.3 is 6.03 Å². The number of imide groups is 1. The highest BCUT2D eigenvalue weighted by atomic mass is 32.1. The average Bonchev–Trinajstić information content (AvgIpc) is 2.69. The fraction of sp³-hybridized carbons (Fsp3) is 0.182. The number of carbonyl (C=O) groups is 2. The van der Waals surface area contributed by atoms with Crippen LogP contribution in [0.1, 0.15) is 6.42 Å². The molecule has 0 saturated carbocycles. The van der Waals surface area contributed by atoms with Crippen molar-refractivity contribution < 1.29 is 9.59 Å². The van der Waals surface area contributed by atoms with Crippen molar-refractivity contribution in [1.82, 2.24) is 5.32 Å². The van der Waals surface area contributed by atoms with E-state index in [9.17, 15) is 9.59 Å². The number of amides is 3. The zero-order chi connectivity index (χ0) is 12.7. The van der Waals surface area contributed by atoms with Gasteiger partial charge in [0.15, 0.2) is 0 Å². The highest BCUT2D eigenvalue weighted by molar-refractivity contribution is 7.80. The monoisotopic (exact) mass is 260 g/mol. The van der Waals surface area contributed by atoms with Crippen molar-refractivity contribution in [2.45, 2.75) is 6.42 Å². The Kier molecular flexibility index (Phi) is 2.41. The highest BCUT2D eigenvalue weighted by Gasteiger charge is 2.25. The van der Waals surface area contributed by atoms with Gasteiger partial charge in [-0.15, -0.1) is 0 Å². The molecule has 2 aliphatic heterocycles. The predicted octanol–water partition coefficient (Wildman–Crippen LogP) is -0.329. The number of benzene rings is 1. The molecule has 2 heterocycles.